The Hall–Kier alpha value is -2.88. The van der Waals surface area contributed by atoms with Crippen molar-refractivity contribution in [3.8, 4) is 16.9 Å². The normalized spacial score (nSPS) is 10.7. The molecule has 0 saturated carbocycles. The Labute approximate surface area is 119 Å². The summed E-state index contributed by atoms with van der Waals surface area (Å²) >= 11 is 0. The van der Waals surface area contributed by atoms with Crippen molar-refractivity contribution in [3.63, 3.8) is 0 Å². The number of hydrogen-bond donors (Lipinski definition) is 2. The van der Waals surface area contributed by atoms with Crippen molar-refractivity contribution in [2.24, 2.45) is 0 Å². The molecular weight excluding hydrogens is 271 g/mol. The maximum absolute atomic E-state index is 13.1. The van der Waals surface area contributed by atoms with Crippen LogP contribution < -0.4 is 0 Å². The number of fused-ring (bicyclic) bond motifs is 1. The molecule has 3 aromatic rings. The van der Waals surface area contributed by atoms with Gasteiger partial charge in [-0.15, -0.1) is 0 Å². The Balaban J connectivity index is 2.38. The van der Waals surface area contributed by atoms with E-state index in [2.05, 4.69) is 0 Å². The van der Waals surface area contributed by atoms with Gasteiger partial charge < -0.3 is 10.2 Å². The van der Waals surface area contributed by atoms with Crippen LogP contribution in [0, 0.1) is 5.82 Å². The number of carbonyl (C=O) groups is 1. The molecule has 0 aliphatic carbocycles. The average Bonchev–Trinajstić information content (AvgIpc) is 2.49. The van der Waals surface area contributed by atoms with Gasteiger partial charge >= 0.3 is 5.97 Å². The lowest BCUT2D eigenvalue weighted by molar-refractivity contribution is 0.0694. The first-order chi connectivity index (χ1) is 10.1. The van der Waals surface area contributed by atoms with E-state index in [9.17, 15) is 19.4 Å². The lowest BCUT2D eigenvalue weighted by Crippen LogP contribution is -1.98. The Kier molecular flexibility index (Phi) is 3.06. The second-order valence-electron chi connectivity index (χ2n) is 4.68. The molecule has 0 bridgehead atoms. The van der Waals surface area contributed by atoms with Crippen LogP contribution in [0.5, 0.6) is 5.75 Å². The minimum atomic E-state index is -1.21. The Bertz CT molecular complexity index is 839. The van der Waals surface area contributed by atoms with E-state index in [4.69, 9.17) is 0 Å². The molecule has 3 aromatic carbocycles. The first kappa shape index (κ1) is 13.1. The van der Waals surface area contributed by atoms with E-state index in [0.29, 0.717) is 21.9 Å². The SMILES string of the molecule is O=C(O)c1cc(-c2ccc(F)cc2)c2ccccc2c1O. The zero-order chi connectivity index (χ0) is 15.0. The second kappa shape index (κ2) is 4.90. The summed E-state index contributed by atoms with van der Waals surface area (Å²) < 4.78 is 13.1. The summed E-state index contributed by atoms with van der Waals surface area (Å²) in [5.41, 5.74) is 1.16. The first-order valence-corrected chi connectivity index (χ1v) is 6.32. The summed E-state index contributed by atoms with van der Waals surface area (Å²) in [5.74, 6) is -1.83. The summed E-state index contributed by atoms with van der Waals surface area (Å²) in [4.78, 5) is 11.3. The van der Waals surface area contributed by atoms with E-state index in [1.54, 1.807) is 36.4 Å². The van der Waals surface area contributed by atoms with Crippen LogP contribution in [0.2, 0.25) is 0 Å². The van der Waals surface area contributed by atoms with Crippen LogP contribution in [0.25, 0.3) is 21.9 Å². The van der Waals surface area contributed by atoms with Gasteiger partial charge in [-0.2, -0.15) is 0 Å². The summed E-state index contributed by atoms with van der Waals surface area (Å²) in [6, 6.07) is 14.2. The van der Waals surface area contributed by atoms with Crippen LogP contribution in [0.4, 0.5) is 4.39 Å². The Morgan fingerprint density at radius 1 is 0.952 bits per heavy atom. The number of halogens is 1. The highest BCUT2D eigenvalue weighted by molar-refractivity contribution is 6.07. The van der Waals surface area contributed by atoms with Crippen molar-refractivity contribution in [2.45, 2.75) is 0 Å². The quantitative estimate of drug-likeness (QED) is 0.745. The summed E-state index contributed by atoms with van der Waals surface area (Å²) in [6.45, 7) is 0. The molecule has 0 spiro atoms. The van der Waals surface area contributed by atoms with Crippen LogP contribution in [-0.2, 0) is 0 Å². The molecular formula is C17H11FO3. The highest BCUT2D eigenvalue weighted by atomic mass is 19.1. The molecule has 0 radical (unpaired) electrons. The molecule has 2 N–H and O–H groups in total. The molecule has 0 amide bonds. The molecule has 4 heteroatoms. The fourth-order valence-corrected chi connectivity index (χ4v) is 2.39. The Morgan fingerprint density at radius 3 is 2.19 bits per heavy atom. The van der Waals surface area contributed by atoms with E-state index in [1.165, 1.54) is 18.2 Å². The van der Waals surface area contributed by atoms with Crippen molar-refractivity contribution in [2.75, 3.05) is 0 Å². The van der Waals surface area contributed by atoms with Gasteiger partial charge in [-0.1, -0.05) is 36.4 Å². The maximum Gasteiger partial charge on any atom is 0.339 e. The van der Waals surface area contributed by atoms with Crippen LogP contribution in [0.3, 0.4) is 0 Å². The number of phenols is 1. The number of aromatic carboxylic acids is 1. The summed E-state index contributed by atoms with van der Waals surface area (Å²) in [6.07, 6.45) is 0. The first-order valence-electron chi connectivity index (χ1n) is 6.32. The summed E-state index contributed by atoms with van der Waals surface area (Å²) in [5, 5.41) is 20.5. The van der Waals surface area contributed by atoms with Gasteiger partial charge in [-0.25, -0.2) is 9.18 Å². The molecule has 0 unspecified atom stereocenters. The number of hydrogen-bond acceptors (Lipinski definition) is 2. The van der Waals surface area contributed by atoms with E-state index in [0.717, 1.165) is 0 Å². The van der Waals surface area contributed by atoms with Crippen molar-refractivity contribution in [1.29, 1.82) is 0 Å². The van der Waals surface area contributed by atoms with Crippen LogP contribution in [0.15, 0.2) is 54.6 Å². The van der Waals surface area contributed by atoms with Crippen molar-refractivity contribution >= 4 is 16.7 Å². The van der Waals surface area contributed by atoms with Gasteiger partial charge in [0.1, 0.15) is 17.1 Å². The largest absolute Gasteiger partial charge is 0.506 e. The van der Waals surface area contributed by atoms with E-state index >= 15 is 0 Å². The predicted octanol–water partition coefficient (Wildman–Crippen LogP) is 4.05. The lowest BCUT2D eigenvalue weighted by Gasteiger charge is -2.11. The van der Waals surface area contributed by atoms with E-state index < -0.39 is 5.97 Å². The molecule has 0 saturated heterocycles. The highest BCUT2D eigenvalue weighted by Gasteiger charge is 2.16. The minimum absolute atomic E-state index is 0.173. The summed E-state index contributed by atoms with van der Waals surface area (Å²) in [7, 11) is 0. The van der Waals surface area contributed by atoms with Crippen molar-refractivity contribution in [1.82, 2.24) is 0 Å². The minimum Gasteiger partial charge on any atom is -0.506 e. The number of carboxylic acid groups (broad SMARTS) is 1. The molecule has 0 aromatic heterocycles. The topological polar surface area (TPSA) is 57.5 Å². The van der Waals surface area contributed by atoms with Crippen LogP contribution in [-0.4, -0.2) is 16.2 Å². The van der Waals surface area contributed by atoms with Gasteiger partial charge in [0.25, 0.3) is 0 Å². The molecule has 0 heterocycles. The standard InChI is InChI=1S/C17H11FO3/c18-11-7-5-10(6-8-11)14-9-15(17(20)21)16(19)13-4-2-1-3-12(13)14/h1-9,19H,(H,20,21). The van der Waals surface area contributed by atoms with E-state index in [-0.39, 0.29) is 17.1 Å². The molecule has 21 heavy (non-hydrogen) atoms. The fourth-order valence-electron chi connectivity index (χ4n) is 2.39. The number of rotatable bonds is 2. The van der Waals surface area contributed by atoms with Gasteiger partial charge in [0.15, 0.2) is 0 Å². The third-order valence-corrected chi connectivity index (χ3v) is 3.40. The second-order valence-corrected chi connectivity index (χ2v) is 4.68. The number of benzene rings is 3. The molecule has 0 aliphatic rings. The van der Waals surface area contributed by atoms with Gasteiger partial charge in [0.2, 0.25) is 0 Å². The fraction of sp³-hybridized carbons (Fsp3) is 0. The van der Waals surface area contributed by atoms with Gasteiger partial charge in [-0.3, -0.25) is 0 Å². The zero-order valence-corrected chi connectivity index (χ0v) is 10.9. The van der Waals surface area contributed by atoms with Crippen molar-refractivity contribution < 1.29 is 19.4 Å². The van der Waals surface area contributed by atoms with E-state index in [1.807, 2.05) is 0 Å². The third kappa shape index (κ3) is 2.21. The van der Waals surface area contributed by atoms with Gasteiger partial charge in [0.05, 0.1) is 0 Å². The third-order valence-electron chi connectivity index (χ3n) is 3.40. The average molecular weight is 282 g/mol. The van der Waals surface area contributed by atoms with Gasteiger partial charge in [-0.05, 0) is 34.7 Å². The predicted molar refractivity (Wildman–Crippen MR) is 78.0 cm³/mol. The molecule has 0 aliphatic heterocycles. The molecule has 3 rings (SSSR count). The smallest absolute Gasteiger partial charge is 0.339 e. The maximum atomic E-state index is 13.1. The monoisotopic (exact) mass is 282 g/mol. The zero-order valence-electron chi connectivity index (χ0n) is 10.9. The molecule has 104 valence electrons. The molecule has 3 nitrogen and oxygen atoms in total. The van der Waals surface area contributed by atoms with Gasteiger partial charge in [0, 0.05) is 5.39 Å². The number of aromatic hydroxyl groups is 1. The van der Waals surface area contributed by atoms with Crippen LogP contribution in [0.1, 0.15) is 10.4 Å². The van der Waals surface area contributed by atoms with Crippen molar-refractivity contribution in [3.05, 3.63) is 66.0 Å². The number of carboxylic acids is 1. The molecule has 0 fully saturated rings. The van der Waals surface area contributed by atoms with Crippen LogP contribution >= 0.6 is 0 Å². The molecule has 0 atom stereocenters. The lowest BCUT2D eigenvalue weighted by atomic mass is 9.94. The highest BCUT2D eigenvalue weighted by Crippen LogP contribution is 2.36. The Morgan fingerprint density at radius 2 is 1.57 bits per heavy atom.